The first-order valence-corrected chi connectivity index (χ1v) is 12.9. The quantitative estimate of drug-likeness (QED) is 0.268. The highest BCUT2D eigenvalue weighted by Crippen LogP contribution is 2.35. The number of aromatic amines is 2. The van der Waals surface area contributed by atoms with E-state index in [1.807, 2.05) is 24.7 Å². The van der Waals surface area contributed by atoms with E-state index in [-0.39, 0.29) is 0 Å². The Morgan fingerprint density at radius 1 is 0.639 bits per heavy atom. The molecule has 180 valence electrons. The lowest BCUT2D eigenvalue weighted by atomic mass is 9.96. The van der Waals surface area contributed by atoms with Crippen molar-refractivity contribution in [2.24, 2.45) is 0 Å². The Kier molecular flexibility index (Phi) is 5.37. The smallest absolute Gasteiger partial charge is 0.123 e. The summed E-state index contributed by atoms with van der Waals surface area (Å²) in [5.41, 5.74) is 7.60. The maximum atomic E-state index is 4.77. The molecule has 0 aliphatic carbocycles. The average molecular weight is 476 g/mol. The monoisotopic (exact) mass is 475 g/mol. The van der Waals surface area contributed by atoms with Crippen molar-refractivity contribution < 1.29 is 0 Å². The summed E-state index contributed by atoms with van der Waals surface area (Å²) in [6, 6.07) is 17.9. The molecule has 4 N–H and O–H groups in total. The minimum atomic E-state index is 0.316. The Hall–Kier alpha value is -3.81. The number of pyridine rings is 1. The number of rotatable bonds is 5. The zero-order valence-electron chi connectivity index (χ0n) is 20.1. The lowest BCUT2D eigenvalue weighted by Crippen LogP contribution is -2.14. The standard InChI is InChI=1S/C29H29N7/c1-4-21-20(18-7-9-19(10-8-18)25-16-33-28(35-25)23-5-2-13-30-23)11-12-22(27(21)32-15-1)26-17-34-29(36-26)24-6-3-14-31-24/h1,4,7-12,15-17,23-24,30-31H,2-3,5-6,13-14H2,(H,33,35)(H,34,36)/t23-,24-/m0/s1. The van der Waals surface area contributed by atoms with E-state index >= 15 is 0 Å². The van der Waals surface area contributed by atoms with Crippen LogP contribution in [0, 0.1) is 0 Å². The summed E-state index contributed by atoms with van der Waals surface area (Å²) in [6.45, 7) is 2.12. The van der Waals surface area contributed by atoms with Crippen LogP contribution in [0.1, 0.15) is 49.4 Å². The Bertz CT molecular complexity index is 1500. The van der Waals surface area contributed by atoms with Gasteiger partial charge in [0, 0.05) is 17.1 Å². The fraction of sp³-hybridized carbons (Fsp3) is 0.276. The van der Waals surface area contributed by atoms with Gasteiger partial charge in [0.1, 0.15) is 11.6 Å². The minimum absolute atomic E-state index is 0.316. The Balaban J connectivity index is 1.21. The molecule has 2 aliphatic rings. The number of benzene rings is 2. The lowest BCUT2D eigenvalue weighted by molar-refractivity contribution is 0.613. The van der Waals surface area contributed by atoms with Crippen molar-refractivity contribution in [1.29, 1.82) is 0 Å². The summed E-state index contributed by atoms with van der Waals surface area (Å²) in [5, 5.41) is 8.16. The van der Waals surface area contributed by atoms with E-state index in [0.717, 1.165) is 71.0 Å². The van der Waals surface area contributed by atoms with Crippen molar-refractivity contribution in [3.8, 4) is 33.6 Å². The van der Waals surface area contributed by atoms with Gasteiger partial charge in [-0.1, -0.05) is 36.4 Å². The van der Waals surface area contributed by atoms with Gasteiger partial charge in [-0.3, -0.25) is 4.98 Å². The zero-order valence-corrected chi connectivity index (χ0v) is 20.1. The molecule has 0 saturated carbocycles. The largest absolute Gasteiger partial charge is 0.341 e. The van der Waals surface area contributed by atoms with Crippen molar-refractivity contribution in [3.05, 3.63) is 78.8 Å². The van der Waals surface area contributed by atoms with Crippen LogP contribution in [0.15, 0.2) is 67.1 Å². The summed E-state index contributed by atoms with van der Waals surface area (Å²) in [5.74, 6) is 2.04. The highest BCUT2D eigenvalue weighted by atomic mass is 15.0. The summed E-state index contributed by atoms with van der Waals surface area (Å²) in [7, 11) is 0. The van der Waals surface area contributed by atoms with Gasteiger partial charge in [-0.05, 0) is 67.6 Å². The Morgan fingerprint density at radius 2 is 1.28 bits per heavy atom. The van der Waals surface area contributed by atoms with Gasteiger partial charge < -0.3 is 20.6 Å². The van der Waals surface area contributed by atoms with Gasteiger partial charge in [-0.25, -0.2) is 9.97 Å². The average Bonchev–Trinajstić information content (AvgIpc) is 3.75. The molecule has 0 spiro atoms. The molecule has 0 amide bonds. The second kappa shape index (κ2) is 9.00. The molecule has 7 rings (SSSR count). The van der Waals surface area contributed by atoms with Gasteiger partial charge in [-0.2, -0.15) is 0 Å². The van der Waals surface area contributed by atoms with Gasteiger partial charge in [-0.15, -0.1) is 0 Å². The van der Waals surface area contributed by atoms with Gasteiger partial charge in [0.15, 0.2) is 0 Å². The molecular weight excluding hydrogens is 446 g/mol. The van der Waals surface area contributed by atoms with Crippen molar-refractivity contribution in [1.82, 2.24) is 35.6 Å². The topological polar surface area (TPSA) is 94.3 Å². The number of H-pyrrole nitrogens is 2. The van der Waals surface area contributed by atoms with Crippen LogP contribution in [-0.2, 0) is 0 Å². The molecule has 2 aliphatic heterocycles. The minimum Gasteiger partial charge on any atom is -0.341 e. The molecule has 5 aromatic rings. The molecule has 0 bridgehead atoms. The van der Waals surface area contributed by atoms with Gasteiger partial charge in [0.25, 0.3) is 0 Å². The molecule has 7 heteroatoms. The van der Waals surface area contributed by atoms with E-state index in [2.05, 4.69) is 73.0 Å². The predicted molar refractivity (Wildman–Crippen MR) is 142 cm³/mol. The Morgan fingerprint density at radius 3 is 1.97 bits per heavy atom. The normalized spacial score (nSPS) is 19.9. The van der Waals surface area contributed by atoms with Crippen LogP contribution in [0.25, 0.3) is 44.5 Å². The van der Waals surface area contributed by atoms with Crippen LogP contribution in [-0.4, -0.2) is 38.0 Å². The van der Waals surface area contributed by atoms with E-state index in [1.54, 1.807) is 0 Å². The van der Waals surface area contributed by atoms with Gasteiger partial charge in [0.05, 0.1) is 41.4 Å². The molecule has 3 aromatic heterocycles. The third-order valence-electron chi connectivity index (χ3n) is 7.54. The Labute approximate surface area is 209 Å². The van der Waals surface area contributed by atoms with Crippen LogP contribution >= 0.6 is 0 Å². The summed E-state index contributed by atoms with van der Waals surface area (Å²) >= 11 is 0. The third kappa shape index (κ3) is 3.81. The highest BCUT2D eigenvalue weighted by Gasteiger charge is 2.21. The molecule has 7 nitrogen and oxygen atoms in total. The highest BCUT2D eigenvalue weighted by molar-refractivity contribution is 6.02. The number of fused-ring (bicyclic) bond motifs is 1. The molecule has 2 aromatic carbocycles. The zero-order chi connectivity index (χ0) is 23.9. The van der Waals surface area contributed by atoms with E-state index in [0.29, 0.717) is 12.1 Å². The second-order valence-corrected chi connectivity index (χ2v) is 9.80. The van der Waals surface area contributed by atoms with Crippen LogP contribution in [0.5, 0.6) is 0 Å². The maximum absolute atomic E-state index is 4.77. The number of hydrogen-bond acceptors (Lipinski definition) is 5. The first-order chi connectivity index (χ1) is 17.8. The second-order valence-electron chi connectivity index (χ2n) is 9.80. The van der Waals surface area contributed by atoms with E-state index in [9.17, 15) is 0 Å². The van der Waals surface area contributed by atoms with Crippen LogP contribution in [0.3, 0.4) is 0 Å². The number of nitrogens with zero attached hydrogens (tertiary/aromatic N) is 3. The van der Waals surface area contributed by atoms with Crippen molar-refractivity contribution in [2.45, 2.75) is 37.8 Å². The summed E-state index contributed by atoms with van der Waals surface area (Å²) in [6.07, 6.45) is 10.4. The predicted octanol–water partition coefficient (Wildman–Crippen LogP) is 5.53. The first-order valence-electron chi connectivity index (χ1n) is 12.9. The molecule has 2 atom stereocenters. The van der Waals surface area contributed by atoms with Crippen LogP contribution in [0.2, 0.25) is 0 Å². The molecule has 0 radical (unpaired) electrons. The summed E-state index contributed by atoms with van der Waals surface area (Å²) in [4.78, 5) is 21.1. The summed E-state index contributed by atoms with van der Waals surface area (Å²) < 4.78 is 0. The molecule has 36 heavy (non-hydrogen) atoms. The number of nitrogens with one attached hydrogen (secondary N) is 4. The molecule has 0 unspecified atom stereocenters. The van der Waals surface area contributed by atoms with E-state index < -0.39 is 0 Å². The van der Waals surface area contributed by atoms with Crippen molar-refractivity contribution in [3.63, 3.8) is 0 Å². The number of aromatic nitrogens is 5. The molecular formula is C29H29N7. The molecule has 2 fully saturated rings. The lowest BCUT2D eigenvalue weighted by Gasteiger charge is -2.11. The maximum Gasteiger partial charge on any atom is 0.123 e. The van der Waals surface area contributed by atoms with E-state index in [4.69, 9.17) is 4.98 Å². The van der Waals surface area contributed by atoms with Crippen LogP contribution < -0.4 is 10.6 Å². The fourth-order valence-electron chi connectivity index (χ4n) is 5.62. The van der Waals surface area contributed by atoms with Crippen molar-refractivity contribution >= 4 is 10.9 Å². The fourth-order valence-corrected chi connectivity index (χ4v) is 5.62. The molecule has 5 heterocycles. The SMILES string of the molecule is c1cnc2c(-c3cnc([C@@H]4CCCN4)[nH]3)ccc(-c3ccc(-c4cnc([C@@H]5CCCN5)[nH]4)cc3)c2c1. The van der Waals surface area contributed by atoms with Gasteiger partial charge >= 0.3 is 0 Å². The first kappa shape index (κ1) is 21.5. The van der Waals surface area contributed by atoms with E-state index in [1.165, 1.54) is 24.0 Å². The number of imidazole rings is 2. The third-order valence-corrected chi connectivity index (χ3v) is 7.54. The van der Waals surface area contributed by atoms with Gasteiger partial charge in [0.2, 0.25) is 0 Å². The molecule has 2 saturated heterocycles. The number of hydrogen-bond donors (Lipinski definition) is 4. The van der Waals surface area contributed by atoms with Crippen LogP contribution in [0.4, 0.5) is 0 Å². The van der Waals surface area contributed by atoms with Crippen molar-refractivity contribution in [2.75, 3.05) is 13.1 Å².